The van der Waals surface area contributed by atoms with Crippen molar-refractivity contribution in [2.45, 2.75) is 0 Å². The average Bonchev–Trinajstić information content (AvgIpc) is 2.05. The van der Waals surface area contributed by atoms with Crippen LogP contribution in [0.1, 0.15) is 0 Å². The Morgan fingerprint density at radius 1 is 1.25 bits per heavy atom. The third-order valence-corrected chi connectivity index (χ3v) is 1.54. The van der Waals surface area contributed by atoms with E-state index in [4.69, 9.17) is 10.8 Å². The Hall–Kier alpha value is -1.84. The van der Waals surface area contributed by atoms with Gasteiger partial charge in [-0.2, -0.15) is 0 Å². The Labute approximate surface area is 68.7 Å². The van der Waals surface area contributed by atoms with E-state index >= 15 is 0 Å². The number of anilines is 1. The van der Waals surface area contributed by atoms with Gasteiger partial charge in [-0.25, -0.2) is 4.98 Å². The van der Waals surface area contributed by atoms with Gasteiger partial charge in [0.05, 0.1) is 17.2 Å². The molecule has 0 atom stereocenters. The molecule has 12 heavy (non-hydrogen) atoms. The highest BCUT2D eigenvalue weighted by Gasteiger charge is 1.97. The van der Waals surface area contributed by atoms with E-state index < -0.39 is 0 Å². The molecule has 0 spiro atoms. The van der Waals surface area contributed by atoms with Crippen LogP contribution in [0.3, 0.4) is 0 Å². The Morgan fingerprint density at radius 3 is 2.92 bits per heavy atom. The van der Waals surface area contributed by atoms with Crippen LogP contribution in [0.4, 0.5) is 5.82 Å². The molecule has 4 nitrogen and oxygen atoms in total. The van der Waals surface area contributed by atoms with Gasteiger partial charge >= 0.3 is 0 Å². The molecule has 0 bridgehead atoms. The average molecular weight is 161 g/mol. The number of hydrogen-bond donors (Lipinski definition) is 2. The lowest BCUT2D eigenvalue weighted by atomic mass is 10.3. The smallest absolute Gasteiger partial charge is 0.142 e. The number of aromatic hydroxyl groups is 1. The summed E-state index contributed by atoms with van der Waals surface area (Å²) in [6.45, 7) is 0. The first kappa shape index (κ1) is 6.84. The third kappa shape index (κ3) is 1.03. The van der Waals surface area contributed by atoms with E-state index in [9.17, 15) is 0 Å². The maximum absolute atomic E-state index is 9.10. The van der Waals surface area contributed by atoms with Crippen molar-refractivity contribution in [3.63, 3.8) is 0 Å². The second kappa shape index (κ2) is 2.34. The molecule has 2 rings (SSSR count). The van der Waals surface area contributed by atoms with Crippen LogP contribution in [0.5, 0.6) is 5.75 Å². The summed E-state index contributed by atoms with van der Waals surface area (Å²) in [4.78, 5) is 8.02. The molecule has 0 saturated heterocycles. The Balaban J connectivity index is 2.79. The van der Waals surface area contributed by atoms with Gasteiger partial charge in [-0.05, 0) is 12.1 Å². The van der Waals surface area contributed by atoms with Crippen molar-refractivity contribution in [3.8, 4) is 5.75 Å². The molecule has 0 radical (unpaired) electrons. The maximum Gasteiger partial charge on any atom is 0.142 e. The van der Waals surface area contributed by atoms with E-state index in [2.05, 4.69) is 9.97 Å². The third-order valence-electron chi connectivity index (χ3n) is 1.54. The molecule has 0 fully saturated rings. The zero-order valence-corrected chi connectivity index (χ0v) is 6.23. The van der Waals surface area contributed by atoms with Gasteiger partial charge < -0.3 is 10.8 Å². The highest BCUT2D eigenvalue weighted by molar-refractivity contribution is 5.76. The number of benzene rings is 1. The fraction of sp³-hybridized carbons (Fsp3) is 0. The number of hydrogen-bond acceptors (Lipinski definition) is 4. The van der Waals surface area contributed by atoms with E-state index in [1.54, 1.807) is 18.2 Å². The molecule has 0 aliphatic rings. The number of phenolic OH excluding ortho intramolecular Hbond substituents is 1. The summed E-state index contributed by atoms with van der Waals surface area (Å²) in [5.74, 6) is 0.565. The molecular weight excluding hydrogens is 154 g/mol. The van der Waals surface area contributed by atoms with Crippen LogP contribution in [0.2, 0.25) is 0 Å². The minimum Gasteiger partial charge on any atom is -0.508 e. The predicted octanol–water partition coefficient (Wildman–Crippen LogP) is 0.918. The molecular formula is C8H7N3O. The topological polar surface area (TPSA) is 72.0 Å². The molecule has 2 aromatic rings. The zero-order chi connectivity index (χ0) is 8.55. The number of fused-ring (bicyclic) bond motifs is 1. The summed E-state index contributed by atoms with van der Waals surface area (Å²) in [5.41, 5.74) is 6.76. The highest BCUT2D eigenvalue weighted by Crippen LogP contribution is 2.16. The minimum absolute atomic E-state index is 0.182. The summed E-state index contributed by atoms with van der Waals surface area (Å²) >= 11 is 0. The van der Waals surface area contributed by atoms with Crippen LogP contribution in [0.25, 0.3) is 11.0 Å². The van der Waals surface area contributed by atoms with Crippen LogP contribution in [-0.2, 0) is 0 Å². The number of phenols is 1. The van der Waals surface area contributed by atoms with E-state index in [0.29, 0.717) is 16.9 Å². The molecule has 0 aliphatic heterocycles. The molecule has 1 heterocycles. The van der Waals surface area contributed by atoms with Crippen molar-refractivity contribution in [2.75, 3.05) is 5.73 Å². The van der Waals surface area contributed by atoms with E-state index in [1.807, 2.05) is 0 Å². The monoisotopic (exact) mass is 161 g/mol. The lowest BCUT2D eigenvalue weighted by Crippen LogP contribution is -1.91. The summed E-state index contributed by atoms with van der Waals surface area (Å²) in [7, 11) is 0. The maximum atomic E-state index is 9.10. The van der Waals surface area contributed by atoms with Crippen molar-refractivity contribution >= 4 is 16.9 Å². The fourth-order valence-electron chi connectivity index (χ4n) is 1.01. The second-order valence-electron chi connectivity index (χ2n) is 2.47. The number of nitrogen functional groups attached to an aromatic ring is 1. The number of aromatic nitrogens is 2. The fourth-order valence-corrected chi connectivity index (χ4v) is 1.01. The minimum atomic E-state index is 0.182. The Kier molecular flexibility index (Phi) is 1.33. The van der Waals surface area contributed by atoms with E-state index in [-0.39, 0.29) is 5.75 Å². The summed E-state index contributed by atoms with van der Waals surface area (Å²) in [6.07, 6.45) is 1.46. The van der Waals surface area contributed by atoms with Crippen molar-refractivity contribution in [1.82, 2.24) is 9.97 Å². The molecule has 1 aromatic heterocycles. The molecule has 3 N–H and O–H groups in total. The summed E-state index contributed by atoms with van der Waals surface area (Å²) in [6, 6.07) is 4.77. The van der Waals surface area contributed by atoms with Crippen molar-refractivity contribution in [2.24, 2.45) is 0 Å². The van der Waals surface area contributed by atoms with Gasteiger partial charge in [0, 0.05) is 6.07 Å². The van der Waals surface area contributed by atoms with Gasteiger partial charge in [-0.1, -0.05) is 0 Å². The van der Waals surface area contributed by atoms with Crippen molar-refractivity contribution in [1.29, 1.82) is 0 Å². The van der Waals surface area contributed by atoms with E-state index in [0.717, 1.165) is 0 Å². The van der Waals surface area contributed by atoms with Gasteiger partial charge in [-0.15, -0.1) is 0 Å². The first-order valence-electron chi connectivity index (χ1n) is 3.47. The highest BCUT2D eigenvalue weighted by atomic mass is 16.3. The Bertz CT molecular complexity index is 386. The number of nitrogens with zero attached hydrogens (tertiary/aromatic N) is 2. The summed E-state index contributed by atoms with van der Waals surface area (Å²) in [5, 5.41) is 9.10. The SMILES string of the molecule is Nc1cnc2cc(O)ccc2n1. The number of nitrogens with two attached hydrogens (primary N) is 1. The van der Waals surface area contributed by atoms with Crippen LogP contribution < -0.4 is 5.73 Å². The molecule has 0 saturated carbocycles. The predicted molar refractivity (Wildman–Crippen MR) is 45.6 cm³/mol. The van der Waals surface area contributed by atoms with Gasteiger partial charge in [0.25, 0.3) is 0 Å². The molecule has 0 amide bonds. The molecule has 1 aromatic carbocycles. The molecule has 0 aliphatic carbocycles. The van der Waals surface area contributed by atoms with Gasteiger partial charge in [0.2, 0.25) is 0 Å². The van der Waals surface area contributed by atoms with Crippen LogP contribution in [0, 0.1) is 0 Å². The largest absolute Gasteiger partial charge is 0.508 e. The quantitative estimate of drug-likeness (QED) is 0.602. The van der Waals surface area contributed by atoms with E-state index in [1.165, 1.54) is 6.20 Å². The standard InChI is InChI=1S/C8H7N3O/c9-8-4-10-7-3-5(12)1-2-6(7)11-8/h1-4,12H,(H2,9,11). The summed E-state index contributed by atoms with van der Waals surface area (Å²) < 4.78 is 0. The van der Waals surface area contributed by atoms with Crippen LogP contribution in [-0.4, -0.2) is 15.1 Å². The first-order valence-corrected chi connectivity index (χ1v) is 3.47. The van der Waals surface area contributed by atoms with Crippen molar-refractivity contribution in [3.05, 3.63) is 24.4 Å². The molecule has 60 valence electrons. The van der Waals surface area contributed by atoms with Gasteiger partial charge in [0.1, 0.15) is 11.6 Å². The molecule has 4 heteroatoms. The lowest BCUT2D eigenvalue weighted by Gasteiger charge is -1.97. The van der Waals surface area contributed by atoms with Crippen LogP contribution >= 0.6 is 0 Å². The second-order valence-corrected chi connectivity index (χ2v) is 2.47. The van der Waals surface area contributed by atoms with Crippen LogP contribution in [0.15, 0.2) is 24.4 Å². The normalized spacial score (nSPS) is 10.3. The number of rotatable bonds is 0. The molecule has 0 unspecified atom stereocenters. The van der Waals surface area contributed by atoms with Gasteiger partial charge in [0.15, 0.2) is 0 Å². The lowest BCUT2D eigenvalue weighted by molar-refractivity contribution is 0.476. The zero-order valence-electron chi connectivity index (χ0n) is 6.23. The first-order chi connectivity index (χ1) is 5.75. The van der Waals surface area contributed by atoms with Gasteiger partial charge in [-0.3, -0.25) is 4.98 Å². The Morgan fingerprint density at radius 2 is 2.08 bits per heavy atom. The van der Waals surface area contributed by atoms with Crippen molar-refractivity contribution < 1.29 is 5.11 Å².